The van der Waals surface area contributed by atoms with Crippen LogP contribution in [-0.2, 0) is 22.6 Å². The minimum absolute atomic E-state index is 0.0284. The van der Waals surface area contributed by atoms with Gasteiger partial charge >= 0.3 is 0 Å². The van der Waals surface area contributed by atoms with Gasteiger partial charge in [0, 0.05) is 30.8 Å². The molecule has 0 bridgehead atoms. The van der Waals surface area contributed by atoms with Crippen LogP contribution in [0.5, 0.6) is 11.5 Å². The van der Waals surface area contributed by atoms with Crippen LogP contribution in [0, 0.1) is 10.1 Å². The monoisotopic (exact) mass is 565 g/mol. The van der Waals surface area contributed by atoms with E-state index in [4.69, 9.17) is 9.47 Å². The van der Waals surface area contributed by atoms with Crippen LogP contribution in [0.4, 0.5) is 10.5 Å². The number of imide groups is 1. The summed E-state index contributed by atoms with van der Waals surface area (Å²) in [6.45, 7) is 7.10. The van der Waals surface area contributed by atoms with Gasteiger partial charge in [-0.1, -0.05) is 18.2 Å². The number of nitro groups is 1. The van der Waals surface area contributed by atoms with Crippen molar-refractivity contribution in [3.05, 3.63) is 80.8 Å². The molecular formula is C29H31N3O7S. The third kappa shape index (κ3) is 6.90. The Morgan fingerprint density at radius 2 is 1.93 bits per heavy atom. The average Bonchev–Trinajstić information content (AvgIpc) is 3.20. The second-order valence-electron chi connectivity index (χ2n) is 9.36. The molecule has 0 saturated carbocycles. The predicted octanol–water partition coefficient (Wildman–Crippen LogP) is 5.35. The number of allylic oxidation sites excluding steroid dienone is 1. The zero-order valence-corrected chi connectivity index (χ0v) is 23.1. The van der Waals surface area contributed by atoms with E-state index in [1.807, 2.05) is 13.0 Å². The third-order valence-corrected chi connectivity index (χ3v) is 7.40. The van der Waals surface area contributed by atoms with Gasteiger partial charge in [0.15, 0.2) is 11.5 Å². The Hall–Kier alpha value is -4.12. The number of carbonyl (C=O) groups excluding carboxylic acids is 3. The van der Waals surface area contributed by atoms with E-state index in [0.717, 1.165) is 41.5 Å². The summed E-state index contributed by atoms with van der Waals surface area (Å²) < 4.78 is 11.9. The summed E-state index contributed by atoms with van der Waals surface area (Å²) in [6, 6.07) is 9.74. The molecule has 2 saturated heterocycles. The van der Waals surface area contributed by atoms with Gasteiger partial charge in [0.05, 0.1) is 16.4 Å². The lowest BCUT2D eigenvalue weighted by molar-refractivity contribution is -0.384. The van der Waals surface area contributed by atoms with Gasteiger partial charge in [-0.3, -0.25) is 29.4 Å². The van der Waals surface area contributed by atoms with E-state index < -0.39 is 16.1 Å². The SMILES string of the molecule is C=CCc1cc(/C=C2\SC(=O)N(CC(=O)N3CCCCC3)C2=O)cc(OCC)c1OCc1cccc([N+](=O)[O-])c1. The standard InChI is InChI=1S/C29H31N3O7S/c1-3-9-22-14-21(16-24(38-4-2)27(22)39-19-20-10-8-11-23(15-20)32(36)37)17-25-28(34)31(29(35)40-25)18-26(33)30-12-6-5-7-13-30/h3,8,10-11,14-17H,1,4-7,9,12-13,18-19H2,2H3/b25-17-. The average molecular weight is 566 g/mol. The van der Waals surface area contributed by atoms with E-state index in [-0.39, 0.29) is 29.7 Å². The molecule has 2 aliphatic rings. The van der Waals surface area contributed by atoms with Gasteiger partial charge in [0.25, 0.3) is 16.8 Å². The fourth-order valence-corrected chi connectivity index (χ4v) is 5.42. The molecule has 0 aromatic heterocycles. The number of benzene rings is 2. The molecule has 3 amide bonds. The molecule has 2 aromatic rings. The number of ether oxygens (including phenoxy) is 2. The Kier molecular flexibility index (Phi) is 9.60. The molecule has 4 rings (SSSR count). The second-order valence-corrected chi connectivity index (χ2v) is 10.4. The summed E-state index contributed by atoms with van der Waals surface area (Å²) >= 11 is 0.800. The highest BCUT2D eigenvalue weighted by atomic mass is 32.2. The van der Waals surface area contributed by atoms with Crippen molar-refractivity contribution >= 4 is 40.6 Å². The fraction of sp³-hybridized carbons (Fsp3) is 0.345. The molecule has 11 heteroatoms. The third-order valence-electron chi connectivity index (χ3n) is 6.50. The first-order chi connectivity index (χ1) is 19.3. The van der Waals surface area contributed by atoms with E-state index in [9.17, 15) is 24.5 Å². The number of piperidine rings is 1. The van der Waals surface area contributed by atoms with Crippen molar-refractivity contribution in [3.8, 4) is 11.5 Å². The molecule has 0 N–H and O–H groups in total. The first kappa shape index (κ1) is 28.9. The highest BCUT2D eigenvalue weighted by molar-refractivity contribution is 8.18. The van der Waals surface area contributed by atoms with Gasteiger partial charge in [0.1, 0.15) is 13.2 Å². The van der Waals surface area contributed by atoms with Crippen LogP contribution < -0.4 is 9.47 Å². The van der Waals surface area contributed by atoms with Gasteiger partial charge in [-0.05, 0) is 73.7 Å². The van der Waals surface area contributed by atoms with Gasteiger partial charge < -0.3 is 14.4 Å². The molecule has 0 aliphatic carbocycles. The fourth-order valence-electron chi connectivity index (χ4n) is 4.58. The van der Waals surface area contributed by atoms with Crippen molar-refractivity contribution in [1.82, 2.24) is 9.80 Å². The van der Waals surface area contributed by atoms with Crippen LogP contribution in [-0.4, -0.2) is 58.0 Å². The first-order valence-corrected chi connectivity index (χ1v) is 13.9. The summed E-state index contributed by atoms with van der Waals surface area (Å²) in [4.78, 5) is 52.0. The van der Waals surface area contributed by atoms with E-state index in [2.05, 4.69) is 6.58 Å². The number of rotatable bonds is 11. The Bertz CT molecular complexity index is 1350. The molecule has 0 radical (unpaired) electrons. The molecule has 2 fully saturated rings. The van der Waals surface area contributed by atoms with Crippen molar-refractivity contribution < 1.29 is 28.8 Å². The lowest BCUT2D eigenvalue weighted by Gasteiger charge is -2.27. The minimum atomic E-state index is -0.505. The molecule has 0 unspecified atom stereocenters. The maximum absolute atomic E-state index is 13.1. The molecule has 2 heterocycles. The minimum Gasteiger partial charge on any atom is -0.490 e. The number of nitrogens with zero attached hydrogens (tertiary/aromatic N) is 3. The summed E-state index contributed by atoms with van der Waals surface area (Å²) in [5.41, 5.74) is 1.95. The van der Waals surface area contributed by atoms with Crippen LogP contribution in [0.2, 0.25) is 0 Å². The summed E-state index contributed by atoms with van der Waals surface area (Å²) in [7, 11) is 0. The molecular weight excluding hydrogens is 534 g/mol. The summed E-state index contributed by atoms with van der Waals surface area (Å²) in [5, 5.41) is 10.7. The van der Waals surface area contributed by atoms with Crippen LogP contribution in [0.25, 0.3) is 6.08 Å². The zero-order valence-electron chi connectivity index (χ0n) is 22.3. The number of likely N-dealkylation sites (tertiary alicyclic amines) is 1. The van der Waals surface area contributed by atoms with Crippen molar-refractivity contribution in [3.63, 3.8) is 0 Å². The van der Waals surface area contributed by atoms with E-state index >= 15 is 0 Å². The van der Waals surface area contributed by atoms with Crippen molar-refractivity contribution in [1.29, 1.82) is 0 Å². The summed E-state index contributed by atoms with van der Waals surface area (Å²) in [5.74, 6) is 0.165. The Morgan fingerprint density at radius 3 is 2.62 bits per heavy atom. The van der Waals surface area contributed by atoms with Gasteiger partial charge in [-0.15, -0.1) is 6.58 Å². The zero-order chi connectivity index (χ0) is 28.6. The maximum Gasteiger partial charge on any atom is 0.294 e. The van der Waals surface area contributed by atoms with E-state index in [0.29, 0.717) is 48.7 Å². The van der Waals surface area contributed by atoms with Crippen molar-refractivity contribution in [2.45, 2.75) is 39.2 Å². The van der Waals surface area contributed by atoms with E-state index in [1.54, 1.807) is 35.3 Å². The van der Waals surface area contributed by atoms with E-state index in [1.165, 1.54) is 12.1 Å². The van der Waals surface area contributed by atoms with Crippen LogP contribution in [0.1, 0.15) is 42.9 Å². The van der Waals surface area contributed by atoms with Gasteiger partial charge in [-0.25, -0.2) is 0 Å². The van der Waals surface area contributed by atoms with Gasteiger partial charge in [0.2, 0.25) is 5.91 Å². The normalized spacial score (nSPS) is 16.4. The number of nitro benzene ring substituents is 1. The molecule has 40 heavy (non-hydrogen) atoms. The number of thioether (sulfide) groups is 1. The first-order valence-electron chi connectivity index (χ1n) is 13.1. The number of amides is 3. The largest absolute Gasteiger partial charge is 0.490 e. The second kappa shape index (κ2) is 13.3. The lowest BCUT2D eigenvalue weighted by atomic mass is 10.0. The molecule has 10 nitrogen and oxygen atoms in total. The molecule has 210 valence electrons. The molecule has 2 aromatic carbocycles. The number of hydrogen-bond donors (Lipinski definition) is 0. The quantitative estimate of drug-likeness (QED) is 0.155. The maximum atomic E-state index is 13.1. The highest BCUT2D eigenvalue weighted by Crippen LogP contribution is 2.38. The summed E-state index contributed by atoms with van der Waals surface area (Å²) in [6.07, 6.45) is 6.66. The Morgan fingerprint density at radius 1 is 1.15 bits per heavy atom. The molecule has 0 spiro atoms. The highest BCUT2D eigenvalue weighted by Gasteiger charge is 2.37. The Balaban J connectivity index is 1.57. The topological polar surface area (TPSA) is 119 Å². The smallest absolute Gasteiger partial charge is 0.294 e. The molecule has 2 aliphatic heterocycles. The van der Waals surface area contributed by atoms with Gasteiger partial charge in [-0.2, -0.15) is 0 Å². The molecule has 0 atom stereocenters. The van der Waals surface area contributed by atoms with Crippen molar-refractivity contribution in [2.75, 3.05) is 26.2 Å². The number of hydrogen-bond acceptors (Lipinski definition) is 8. The van der Waals surface area contributed by atoms with Crippen LogP contribution >= 0.6 is 11.8 Å². The van der Waals surface area contributed by atoms with Crippen LogP contribution in [0.15, 0.2) is 54.0 Å². The number of carbonyl (C=O) groups is 3. The predicted molar refractivity (Wildman–Crippen MR) is 152 cm³/mol. The number of non-ortho nitro benzene ring substituents is 1. The lowest BCUT2D eigenvalue weighted by Crippen LogP contribution is -2.44. The van der Waals surface area contributed by atoms with Crippen molar-refractivity contribution in [2.24, 2.45) is 0 Å². The Labute approximate surface area is 236 Å². The van der Waals surface area contributed by atoms with Crippen LogP contribution in [0.3, 0.4) is 0 Å².